The third-order valence-electron chi connectivity index (χ3n) is 2.52. The summed E-state index contributed by atoms with van der Waals surface area (Å²) in [5, 5.41) is 0.847. The van der Waals surface area contributed by atoms with E-state index in [-0.39, 0.29) is 5.97 Å². The third kappa shape index (κ3) is 2.24. The van der Waals surface area contributed by atoms with E-state index in [1.54, 1.807) is 7.11 Å². The van der Waals surface area contributed by atoms with Crippen molar-refractivity contribution in [3.8, 4) is 5.75 Å². The minimum atomic E-state index is -0.348. The summed E-state index contributed by atoms with van der Waals surface area (Å²) >= 11 is 1.54. The van der Waals surface area contributed by atoms with Gasteiger partial charge in [0.2, 0.25) is 0 Å². The van der Waals surface area contributed by atoms with E-state index in [2.05, 4.69) is 4.74 Å². The second-order valence-electron chi connectivity index (χ2n) is 3.50. The maximum Gasteiger partial charge on any atom is 0.333 e. The average molecular weight is 251 g/mol. The maximum absolute atomic E-state index is 11.2. The molecule has 17 heavy (non-hydrogen) atoms. The van der Waals surface area contributed by atoms with Crippen LogP contribution in [0, 0.1) is 0 Å². The van der Waals surface area contributed by atoms with E-state index in [0.29, 0.717) is 0 Å². The van der Waals surface area contributed by atoms with Gasteiger partial charge in [0.05, 0.1) is 31.0 Å². The van der Waals surface area contributed by atoms with Gasteiger partial charge in [-0.3, -0.25) is 0 Å². The summed E-state index contributed by atoms with van der Waals surface area (Å²) in [5.74, 6) is 0.453. The van der Waals surface area contributed by atoms with Crippen LogP contribution in [0.1, 0.15) is 0 Å². The SMILES string of the molecule is COC(=O)/C=C1\Sc2ccc(OC)cc2N1C. The van der Waals surface area contributed by atoms with Crippen LogP contribution in [0.2, 0.25) is 0 Å². The Hall–Kier alpha value is -1.62. The van der Waals surface area contributed by atoms with Gasteiger partial charge in [0.25, 0.3) is 0 Å². The summed E-state index contributed by atoms with van der Waals surface area (Å²) in [6.45, 7) is 0. The maximum atomic E-state index is 11.2. The van der Waals surface area contributed by atoms with Crippen molar-refractivity contribution in [2.75, 3.05) is 26.2 Å². The Balaban J connectivity index is 2.32. The van der Waals surface area contributed by atoms with E-state index in [1.807, 2.05) is 30.1 Å². The first-order valence-electron chi connectivity index (χ1n) is 5.05. The summed E-state index contributed by atoms with van der Waals surface area (Å²) < 4.78 is 9.80. The van der Waals surface area contributed by atoms with Crippen LogP contribution in [-0.2, 0) is 9.53 Å². The molecular formula is C12H13NO3S. The number of esters is 1. The van der Waals surface area contributed by atoms with Crippen LogP contribution in [0.15, 0.2) is 34.2 Å². The molecule has 0 fully saturated rings. The van der Waals surface area contributed by atoms with Gasteiger partial charge in [-0.1, -0.05) is 11.8 Å². The number of hydrogen-bond acceptors (Lipinski definition) is 5. The second-order valence-corrected chi connectivity index (χ2v) is 4.56. The lowest BCUT2D eigenvalue weighted by Gasteiger charge is -2.13. The fourth-order valence-corrected chi connectivity index (χ4v) is 2.61. The number of anilines is 1. The molecule has 1 aromatic carbocycles. The molecule has 0 bridgehead atoms. The molecule has 0 aliphatic carbocycles. The van der Waals surface area contributed by atoms with Crippen molar-refractivity contribution in [1.29, 1.82) is 0 Å². The van der Waals surface area contributed by atoms with Gasteiger partial charge < -0.3 is 14.4 Å². The molecule has 90 valence electrons. The molecular weight excluding hydrogens is 238 g/mol. The number of carbonyl (C=O) groups excluding carboxylic acids is 1. The van der Waals surface area contributed by atoms with Crippen LogP contribution in [0.4, 0.5) is 5.69 Å². The molecule has 0 aromatic heterocycles. The number of fused-ring (bicyclic) bond motifs is 1. The van der Waals surface area contributed by atoms with Crippen molar-refractivity contribution >= 4 is 23.4 Å². The molecule has 4 nitrogen and oxygen atoms in total. The monoisotopic (exact) mass is 251 g/mol. The second kappa shape index (κ2) is 4.71. The van der Waals surface area contributed by atoms with Crippen molar-refractivity contribution in [3.63, 3.8) is 0 Å². The van der Waals surface area contributed by atoms with Crippen LogP contribution in [-0.4, -0.2) is 27.2 Å². The van der Waals surface area contributed by atoms with Gasteiger partial charge >= 0.3 is 5.97 Å². The molecule has 2 rings (SSSR count). The molecule has 1 aliphatic rings. The normalized spacial score (nSPS) is 15.9. The number of hydrogen-bond donors (Lipinski definition) is 0. The fraction of sp³-hybridized carbons (Fsp3) is 0.250. The van der Waals surface area contributed by atoms with E-state index in [4.69, 9.17) is 4.74 Å². The average Bonchev–Trinajstić information content (AvgIpc) is 2.66. The molecule has 0 unspecified atom stereocenters. The van der Waals surface area contributed by atoms with E-state index < -0.39 is 0 Å². The highest BCUT2D eigenvalue weighted by Gasteiger charge is 2.23. The molecule has 0 saturated heterocycles. The largest absolute Gasteiger partial charge is 0.497 e. The standard InChI is InChI=1S/C12H13NO3S/c1-13-9-6-8(15-2)4-5-10(9)17-11(13)7-12(14)16-3/h4-7H,1-3H3/b11-7-. The number of nitrogens with zero attached hydrogens (tertiary/aromatic N) is 1. The Morgan fingerprint density at radius 1 is 1.41 bits per heavy atom. The Kier molecular flexibility index (Phi) is 3.28. The summed E-state index contributed by atoms with van der Waals surface area (Å²) in [6, 6.07) is 5.83. The van der Waals surface area contributed by atoms with Crippen molar-refractivity contribution in [3.05, 3.63) is 29.3 Å². The number of carbonyl (C=O) groups is 1. The molecule has 1 heterocycles. The zero-order chi connectivity index (χ0) is 12.4. The Labute approximate surface area is 104 Å². The predicted molar refractivity (Wildman–Crippen MR) is 67.4 cm³/mol. The van der Waals surface area contributed by atoms with Gasteiger partial charge in [-0.25, -0.2) is 4.79 Å². The molecule has 0 spiro atoms. The minimum Gasteiger partial charge on any atom is -0.497 e. The quantitative estimate of drug-likeness (QED) is 0.595. The molecule has 0 saturated carbocycles. The highest BCUT2D eigenvalue weighted by molar-refractivity contribution is 8.03. The third-order valence-corrected chi connectivity index (χ3v) is 3.68. The summed E-state index contributed by atoms with van der Waals surface area (Å²) in [5.41, 5.74) is 1.03. The highest BCUT2D eigenvalue weighted by Crippen LogP contribution is 2.46. The summed E-state index contributed by atoms with van der Waals surface area (Å²) in [4.78, 5) is 14.3. The van der Waals surface area contributed by atoms with Crippen LogP contribution in [0.5, 0.6) is 5.75 Å². The molecule has 0 atom stereocenters. The lowest BCUT2D eigenvalue weighted by Crippen LogP contribution is -2.11. The van der Waals surface area contributed by atoms with E-state index in [0.717, 1.165) is 21.4 Å². The number of ether oxygens (including phenoxy) is 2. The van der Waals surface area contributed by atoms with Crippen LogP contribution >= 0.6 is 11.8 Å². The van der Waals surface area contributed by atoms with Crippen molar-refractivity contribution in [2.24, 2.45) is 0 Å². The first-order valence-corrected chi connectivity index (χ1v) is 5.86. The van der Waals surface area contributed by atoms with Crippen molar-refractivity contribution in [2.45, 2.75) is 4.90 Å². The summed E-state index contributed by atoms with van der Waals surface area (Å²) in [6.07, 6.45) is 1.48. The number of methoxy groups -OCH3 is 2. The Morgan fingerprint density at radius 3 is 2.82 bits per heavy atom. The topological polar surface area (TPSA) is 38.8 Å². The minimum absolute atomic E-state index is 0.348. The molecule has 0 radical (unpaired) electrons. The smallest absolute Gasteiger partial charge is 0.333 e. The van der Waals surface area contributed by atoms with Gasteiger partial charge in [0.15, 0.2) is 0 Å². The fourth-order valence-electron chi connectivity index (χ4n) is 1.56. The zero-order valence-electron chi connectivity index (χ0n) is 9.89. The first kappa shape index (κ1) is 11.9. The molecule has 0 N–H and O–H groups in total. The van der Waals surface area contributed by atoms with Crippen molar-refractivity contribution < 1.29 is 14.3 Å². The van der Waals surface area contributed by atoms with Crippen molar-refractivity contribution in [1.82, 2.24) is 0 Å². The molecule has 1 aromatic rings. The first-order chi connectivity index (χ1) is 8.15. The predicted octanol–water partition coefficient (Wildman–Crippen LogP) is 2.25. The van der Waals surface area contributed by atoms with Gasteiger partial charge in [0, 0.05) is 18.0 Å². The van der Waals surface area contributed by atoms with Gasteiger partial charge in [-0.05, 0) is 12.1 Å². The van der Waals surface area contributed by atoms with Crippen LogP contribution < -0.4 is 9.64 Å². The number of rotatable bonds is 2. The van der Waals surface area contributed by atoms with Gasteiger partial charge in [0.1, 0.15) is 5.75 Å². The van der Waals surface area contributed by atoms with Gasteiger partial charge in [-0.15, -0.1) is 0 Å². The van der Waals surface area contributed by atoms with E-state index in [1.165, 1.54) is 24.9 Å². The van der Waals surface area contributed by atoms with Gasteiger partial charge in [-0.2, -0.15) is 0 Å². The molecule has 5 heteroatoms. The Bertz CT molecular complexity index is 485. The lowest BCUT2D eigenvalue weighted by atomic mass is 10.3. The number of thioether (sulfide) groups is 1. The van der Waals surface area contributed by atoms with Crippen LogP contribution in [0.3, 0.4) is 0 Å². The van der Waals surface area contributed by atoms with Crippen LogP contribution in [0.25, 0.3) is 0 Å². The molecule has 0 amide bonds. The highest BCUT2D eigenvalue weighted by atomic mass is 32.2. The lowest BCUT2D eigenvalue weighted by molar-refractivity contribution is -0.134. The molecule has 1 aliphatic heterocycles. The van der Waals surface area contributed by atoms with E-state index in [9.17, 15) is 4.79 Å². The summed E-state index contributed by atoms with van der Waals surface area (Å²) in [7, 11) is 4.91. The van der Waals surface area contributed by atoms with E-state index >= 15 is 0 Å². The Morgan fingerprint density at radius 2 is 2.18 bits per heavy atom. The zero-order valence-corrected chi connectivity index (χ0v) is 10.7. The number of benzene rings is 1.